The van der Waals surface area contributed by atoms with Gasteiger partial charge in [-0.15, -0.1) is 0 Å². The van der Waals surface area contributed by atoms with E-state index in [2.05, 4.69) is 0 Å². The second kappa shape index (κ2) is 17.6. The van der Waals surface area contributed by atoms with Crippen LogP contribution in [0.2, 0.25) is 0 Å². The summed E-state index contributed by atoms with van der Waals surface area (Å²) in [5.74, 6) is -1.27. The number of ether oxygens (including phenoxy) is 7. The summed E-state index contributed by atoms with van der Waals surface area (Å²) in [7, 11) is 1.58. The summed E-state index contributed by atoms with van der Waals surface area (Å²) in [5.41, 5.74) is 1.74. The Hall–Kier alpha value is -5.79. The maximum absolute atomic E-state index is 12.6. The molecule has 0 amide bonds. The van der Waals surface area contributed by atoms with E-state index in [0.29, 0.717) is 11.3 Å². The van der Waals surface area contributed by atoms with Crippen LogP contribution in [-0.2, 0) is 50.1 Å². The fourth-order valence-electron chi connectivity index (χ4n) is 6.30. The molecule has 53 heavy (non-hydrogen) atoms. The summed E-state index contributed by atoms with van der Waals surface area (Å²) in [6.45, 7) is 3.05. The molecule has 0 unspecified atom stereocenters. The van der Waals surface area contributed by atoms with Crippen LogP contribution in [0, 0.1) is 10.1 Å². The van der Waals surface area contributed by atoms with Crippen molar-refractivity contribution in [3.8, 4) is 11.5 Å². The second-order valence-electron chi connectivity index (χ2n) is 12.3. The van der Waals surface area contributed by atoms with Crippen molar-refractivity contribution in [2.75, 3.05) is 20.3 Å². The Bertz CT molecular complexity index is 1790. The molecule has 13 heteroatoms. The minimum absolute atomic E-state index is 0.208. The minimum atomic E-state index is -1.39. The van der Waals surface area contributed by atoms with Gasteiger partial charge < -0.3 is 33.2 Å². The first kappa shape index (κ1) is 38.4. The smallest absolute Gasteiger partial charge is 0.303 e. The van der Waals surface area contributed by atoms with Gasteiger partial charge in [-0.05, 0) is 46.5 Å². The molecule has 0 aromatic heterocycles. The van der Waals surface area contributed by atoms with E-state index in [0.717, 1.165) is 16.7 Å². The monoisotopic (exact) mass is 727 g/mol. The molecule has 5 rings (SSSR count). The topological polar surface area (TPSA) is 159 Å². The predicted molar refractivity (Wildman–Crippen MR) is 190 cm³/mol. The number of methoxy groups -OCH3 is 1. The number of nitrogens with zero attached hydrogens (tertiary/aromatic N) is 1. The van der Waals surface area contributed by atoms with Gasteiger partial charge in [-0.2, -0.15) is 0 Å². The van der Waals surface area contributed by atoms with Gasteiger partial charge in [0.05, 0.1) is 13.7 Å². The number of hydrogen-bond donors (Lipinski definition) is 0. The molecule has 0 saturated carbocycles. The normalized spacial score (nSPS) is 19.7. The summed E-state index contributed by atoms with van der Waals surface area (Å²) in [4.78, 5) is 48.0. The summed E-state index contributed by atoms with van der Waals surface area (Å²) < 4.78 is 42.3. The van der Waals surface area contributed by atoms with E-state index in [9.17, 15) is 24.5 Å². The zero-order chi connectivity index (χ0) is 38.0. The van der Waals surface area contributed by atoms with E-state index in [1.165, 1.54) is 20.8 Å². The molecular formula is C40H41NO12. The van der Waals surface area contributed by atoms with Gasteiger partial charge in [0.15, 0.2) is 12.2 Å². The highest BCUT2D eigenvalue weighted by atomic mass is 16.7. The molecule has 0 N–H and O–H groups in total. The molecule has 4 aromatic carbocycles. The molecule has 0 radical (unpaired) electrons. The standard InChI is InChI=1S/C40H41NO12/c1-26(42)49-36-35(25-48-40(30-11-7-5-8-12-30,31-13-9-6-10-14-31)32-17-21-33(47-4)22-18-32)53-39(38(51-28(3)44)37(36)50-27(2)43)52-34-19-15-29(16-20-34)23-24-41(45)46/h5-22,35-39H,23-25H2,1-4H3/t35-,36-,37+,38-,39-/m1/s1. The molecule has 13 nitrogen and oxygen atoms in total. The number of rotatable bonds is 15. The number of carbonyl (C=O) groups is 3. The molecule has 278 valence electrons. The third-order valence-electron chi connectivity index (χ3n) is 8.58. The first-order valence-corrected chi connectivity index (χ1v) is 16.9. The number of carbonyl (C=O) groups excluding carboxylic acids is 3. The van der Waals surface area contributed by atoms with Gasteiger partial charge in [0.1, 0.15) is 23.2 Å². The number of nitro groups is 1. The van der Waals surface area contributed by atoms with Gasteiger partial charge in [-0.1, -0.05) is 84.9 Å². The lowest BCUT2D eigenvalue weighted by molar-refractivity contribution is -0.479. The maximum Gasteiger partial charge on any atom is 0.303 e. The zero-order valence-electron chi connectivity index (χ0n) is 29.7. The molecule has 5 atom stereocenters. The summed E-state index contributed by atoms with van der Waals surface area (Å²) in [6, 6.07) is 33.0. The molecular weight excluding hydrogens is 686 g/mol. The van der Waals surface area contributed by atoms with Crippen molar-refractivity contribution in [1.29, 1.82) is 0 Å². The first-order chi connectivity index (χ1) is 25.5. The third kappa shape index (κ3) is 9.56. The highest BCUT2D eigenvalue weighted by Crippen LogP contribution is 2.42. The zero-order valence-corrected chi connectivity index (χ0v) is 29.7. The fraction of sp³-hybridized carbons (Fsp3) is 0.325. The summed E-state index contributed by atoms with van der Waals surface area (Å²) >= 11 is 0. The SMILES string of the molecule is COc1ccc(C(OC[C@H]2O[C@@H](Oc3ccc(CC[N+](=O)[O-])cc3)[C@H](OC(C)=O)[C@@H](OC(C)=O)[C@@H]2OC(C)=O)(c2ccccc2)c2ccccc2)cc1. The van der Waals surface area contributed by atoms with E-state index >= 15 is 0 Å². The summed E-state index contributed by atoms with van der Waals surface area (Å²) in [6.07, 6.45) is -6.41. The number of esters is 3. The number of benzene rings is 4. The average molecular weight is 728 g/mol. The van der Waals surface area contributed by atoms with Gasteiger partial charge in [0, 0.05) is 32.1 Å². The van der Waals surface area contributed by atoms with Gasteiger partial charge in [0.2, 0.25) is 18.9 Å². The van der Waals surface area contributed by atoms with Gasteiger partial charge >= 0.3 is 17.9 Å². The second-order valence-corrected chi connectivity index (χ2v) is 12.3. The van der Waals surface area contributed by atoms with Crippen LogP contribution >= 0.6 is 0 Å². The minimum Gasteiger partial charge on any atom is -0.497 e. The molecule has 1 aliphatic heterocycles. The quantitative estimate of drug-likeness (QED) is 0.0504. The highest BCUT2D eigenvalue weighted by Gasteiger charge is 2.54. The van der Waals surface area contributed by atoms with Crippen LogP contribution in [0.1, 0.15) is 43.0 Å². The van der Waals surface area contributed by atoms with Crippen molar-refractivity contribution in [3.63, 3.8) is 0 Å². The van der Waals surface area contributed by atoms with Crippen LogP contribution < -0.4 is 9.47 Å². The van der Waals surface area contributed by atoms with E-state index in [1.54, 1.807) is 31.4 Å². The molecule has 0 aliphatic carbocycles. The molecule has 0 bridgehead atoms. The fourth-order valence-corrected chi connectivity index (χ4v) is 6.30. The Labute approximate surface area is 306 Å². The van der Waals surface area contributed by atoms with Gasteiger partial charge in [-0.3, -0.25) is 24.5 Å². The Kier molecular flexibility index (Phi) is 12.8. The Morgan fingerprint density at radius 1 is 0.679 bits per heavy atom. The third-order valence-corrected chi connectivity index (χ3v) is 8.58. The largest absolute Gasteiger partial charge is 0.497 e. The van der Waals surface area contributed by atoms with Crippen molar-refractivity contribution in [1.82, 2.24) is 0 Å². The molecule has 1 saturated heterocycles. The lowest BCUT2D eigenvalue weighted by Crippen LogP contribution is -2.63. The van der Waals surface area contributed by atoms with Crippen LogP contribution in [0.4, 0.5) is 0 Å². The lowest BCUT2D eigenvalue weighted by atomic mass is 9.80. The molecule has 0 spiro atoms. The van der Waals surface area contributed by atoms with Crippen molar-refractivity contribution >= 4 is 17.9 Å². The highest BCUT2D eigenvalue weighted by molar-refractivity contribution is 5.68. The first-order valence-electron chi connectivity index (χ1n) is 16.9. The van der Waals surface area contributed by atoms with Crippen LogP contribution in [0.3, 0.4) is 0 Å². The van der Waals surface area contributed by atoms with Crippen molar-refractivity contribution in [2.45, 2.75) is 63.5 Å². The molecule has 1 aliphatic rings. The van der Waals surface area contributed by atoms with Crippen LogP contribution in [0.5, 0.6) is 11.5 Å². The molecule has 4 aromatic rings. The van der Waals surface area contributed by atoms with Crippen molar-refractivity contribution in [3.05, 3.63) is 142 Å². The van der Waals surface area contributed by atoms with Gasteiger partial charge in [0.25, 0.3) is 0 Å². The Morgan fingerprint density at radius 2 is 1.17 bits per heavy atom. The van der Waals surface area contributed by atoms with Gasteiger partial charge in [-0.25, -0.2) is 0 Å². The average Bonchev–Trinajstić information content (AvgIpc) is 3.14. The van der Waals surface area contributed by atoms with E-state index in [4.69, 9.17) is 33.2 Å². The Balaban J connectivity index is 1.58. The van der Waals surface area contributed by atoms with Crippen molar-refractivity contribution < 1.29 is 52.5 Å². The predicted octanol–water partition coefficient (Wildman–Crippen LogP) is 5.42. The molecule has 1 heterocycles. The maximum atomic E-state index is 12.6. The van der Waals surface area contributed by atoms with E-state index in [1.807, 2.05) is 84.9 Å². The van der Waals surface area contributed by atoms with E-state index in [-0.39, 0.29) is 25.3 Å². The van der Waals surface area contributed by atoms with E-state index < -0.39 is 59.1 Å². The summed E-state index contributed by atoms with van der Waals surface area (Å²) in [5, 5.41) is 10.9. The van der Waals surface area contributed by atoms with Crippen LogP contribution in [0.25, 0.3) is 0 Å². The number of hydrogen-bond acceptors (Lipinski definition) is 12. The Morgan fingerprint density at radius 3 is 1.68 bits per heavy atom. The molecule has 1 fully saturated rings. The lowest BCUT2D eigenvalue weighted by Gasteiger charge is -2.45. The van der Waals surface area contributed by atoms with Crippen LogP contribution in [-0.4, -0.2) is 73.8 Å². The van der Waals surface area contributed by atoms with Crippen molar-refractivity contribution in [2.24, 2.45) is 0 Å². The van der Waals surface area contributed by atoms with Crippen LogP contribution in [0.15, 0.2) is 109 Å².